The Morgan fingerprint density at radius 1 is 1.42 bits per heavy atom. The Morgan fingerprint density at radius 3 is 3.00 bits per heavy atom. The van der Waals surface area contributed by atoms with Gasteiger partial charge in [0.1, 0.15) is 12.1 Å². The number of rotatable bonds is 1. The van der Waals surface area contributed by atoms with Crippen LogP contribution < -0.4 is 5.56 Å². The predicted octanol–water partition coefficient (Wildman–Crippen LogP) is 2.19. The van der Waals surface area contributed by atoms with Gasteiger partial charge in [-0.1, -0.05) is 11.6 Å². The van der Waals surface area contributed by atoms with Crippen LogP contribution in [0.3, 0.4) is 0 Å². The lowest BCUT2D eigenvalue weighted by molar-refractivity contribution is 0.628. The first-order chi connectivity index (χ1) is 9.08. The second-order valence-corrected chi connectivity index (χ2v) is 4.46. The number of fused-ring (bicyclic) bond motifs is 1. The minimum absolute atomic E-state index is 0.283. The summed E-state index contributed by atoms with van der Waals surface area (Å²) in [5.41, 5.74) is 0.934. The number of nitrogens with zero attached hydrogens (tertiary/aromatic N) is 3. The number of hydrogen-bond donors (Lipinski definition) is 1. The highest BCUT2D eigenvalue weighted by Crippen LogP contribution is 2.28. The fourth-order valence-corrected chi connectivity index (χ4v) is 2.12. The number of aromatic nitrogens is 4. The molecule has 1 N–H and O–H groups in total. The van der Waals surface area contributed by atoms with Crippen LogP contribution in [0.15, 0.2) is 29.3 Å². The summed E-state index contributed by atoms with van der Waals surface area (Å²) in [6, 6.07) is 3.97. The maximum absolute atomic E-state index is 13.3. The molecule has 0 bridgehead atoms. The zero-order valence-corrected chi connectivity index (χ0v) is 10.6. The molecule has 0 aliphatic carbocycles. The number of hydrogen-bond acceptors (Lipinski definition) is 3. The lowest BCUT2D eigenvalue weighted by atomic mass is 10.1. The molecular formula is C12H8ClFN4O. The predicted molar refractivity (Wildman–Crippen MR) is 68.7 cm³/mol. The molecule has 0 radical (unpaired) electrons. The topological polar surface area (TPSA) is 63.1 Å². The van der Waals surface area contributed by atoms with Crippen molar-refractivity contribution in [2.75, 3.05) is 0 Å². The van der Waals surface area contributed by atoms with Crippen molar-refractivity contribution >= 4 is 17.4 Å². The van der Waals surface area contributed by atoms with E-state index in [9.17, 15) is 9.18 Å². The van der Waals surface area contributed by atoms with Gasteiger partial charge in [0.15, 0.2) is 0 Å². The van der Waals surface area contributed by atoms with E-state index >= 15 is 0 Å². The third-order valence-corrected chi connectivity index (χ3v) is 3.20. The third-order valence-electron chi connectivity index (χ3n) is 2.87. The summed E-state index contributed by atoms with van der Waals surface area (Å²) in [7, 11) is 0. The average molecular weight is 279 g/mol. The van der Waals surface area contributed by atoms with E-state index in [0.717, 1.165) is 4.52 Å². The van der Waals surface area contributed by atoms with Crippen molar-refractivity contribution < 1.29 is 4.39 Å². The van der Waals surface area contributed by atoms with Crippen LogP contribution in [0.1, 0.15) is 5.56 Å². The van der Waals surface area contributed by atoms with E-state index in [2.05, 4.69) is 15.1 Å². The summed E-state index contributed by atoms with van der Waals surface area (Å²) >= 11 is 6.05. The van der Waals surface area contributed by atoms with E-state index < -0.39 is 5.82 Å². The average Bonchev–Trinajstić information content (AvgIpc) is 2.85. The summed E-state index contributed by atoms with van der Waals surface area (Å²) in [4.78, 5) is 18.9. The smallest absolute Gasteiger partial charge is 0.279 e. The number of halogens is 2. The van der Waals surface area contributed by atoms with Crippen LogP contribution in [-0.2, 0) is 0 Å². The molecule has 7 heteroatoms. The van der Waals surface area contributed by atoms with Crippen molar-refractivity contribution in [1.82, 2.24) is 19.6 Å². The molecule has 0 unspecified atom stereocenters. The van der Waals surface area contributed by atoms with Gasteiger partial charge in [0.05, 0.1) is 10.7 Å². The Morgan fingerprint density at radius 2 is 2.21 bits per heavy atom. The summed E-state index contributed by atoms with van der Waals surface area (Å²) in [6.07, 6.45) is 1.27. The van der Waals surface area contributed by atoms with Crippen molar-refractivity contribution in [3.8, 4) is 11.3 Å². The molecule has 0 amide bonds. The fourth-order valence-electron chi connectivity index (χ4n) is 1.91. The molecule has 3 rings (SSSR count). The third kappa shape index (κ3) is 1.80. The van der Waals surface area contributed by atoms with Crippen LogP contribution in [0.5, 0.6) is 0 Å². The van der Waals surface area contributed by atoms with Crippen LogP contribution in [0.25, 0.3) is 17.0 Å². The molecule has 0 saturated carbocycles. The van der Waals surface area contributed by atoms with Crippen molar-refractivity contribution in [2.45, 2.75) is 6.92 Å². The van der Waals surface area contributed by atoms with E-state index in [-0.39, 0.29) is 11.3 Å². The van der Waals surface area contributed by atoms with Gasteiger partial charge in [-0.05, 0) is 25.1 Å². The largest absolute Gasteiger partial charge is 0.323 e. The monoisotopic (exact) mass is 278 g/mol. The summed E-state index contributed by atoms with van der Waals surface area (Å²) in [5.74, 6) is -0.146. The molecular weight excluding hydrogens is 271 g/mol. The molecule has 0 aliphatic rings. The molecule has 3 aromatic rings. The molecule has 0 aliphatic heterocycles. The second kappa shape index (κ2) is 4.17. The van der Waals surface area contributed by atoms with Crippen LogP contribution in [0, 0.1) is 12.7 Å². The maximum Gasteiger partial charge on any atom is 0.279 e. The number of benzene rings is 1. The van der Waals surface area contributed by atoms with Crippen LogP contribution >= 0.6 is 11.6 Å². The van der Waals surface area contributed by atoms with Gasteiger partial charge in [-0.15, -0.1) is 0 Å². The van der Waals surface area contributed by atoms with Crippen LogP contribution in [-0.4, -0.2) is 19.6 Å². The fraction of sp³-hybridized carbons (Fsp3) is 0.0833. The minimum Gasteiger partial charge on any atom is -0.323 e. The van der Waals surface area contributed by atoms with E-state index in [0.29, 0.717) is 21.8 Å². The lowest BCUT2D eigenvalue weighted by Gasteiger charge is -2.08. The van der Waals surface area contributed by atoms with Gasteiger partial charge in [-0.3, -0.25) is 4.79 Å². The number of H-pyrrole nitrogens is 1. The Labute approximate surface area is 111 Å². The number of nitrogens with one attached hydrogen (secondary N) is 1. The quantitative estimate of drug-likeness (QED) is 0.742. The first-order valence-electron chi connectivity index (χ1n) is 5.46. The van der Waals surface area contributed by atoms with Crippen molar-refractivity contribution in [2.24, 2.45) is 0 Å². The number of aromatic amines is 1. The highest BCUT2D eigenvalue weighted by atomic mass is 35.5. The molecule has 5 nitrogen and oxygen atoms in total. The molecule has 0 atom stereocenters. The summed E-state index contributed by atoms with van der Waals surface area (Å²) in [6.45, 7) is 1.62. The van der Waals surface area contributed by atoms with Crippen LogP contribution in [0.2, 0.25) is 5.02 Å². The van der Waals surface area contributed by atoms with Crippen molar-refractivity contribution in [3.05, 3.63) is 51.3 Å². The molecule has 2 heterocycles. The SMILES string of the molecule is Cc1c(-c2cc(F)ccc2Cl)[nH]c2ncnn2c1=O. The normalized spacial score (nSPS) is 11.1. The Bertz CT molecular complexity index is 839. The van der Waals surface area contributed by atoms with Gasteiger partial charge < -0.3 is 4.98 Å². The van der Waals surface area contributed by atoms with Gasteiger partial charge >= 0.3 is 0 Å². The highest BCUT2D eigenvalue weighted by molar-refractivity contribution is 6.33. The Balaban J connectivity index is 2.39. The minimum atomic E-state index is -0.430. The summed E-state index contributed by atoms with van der Waals surface area (Å²) in [5, 5.41) is 4.16. The first-order valence-corrected chi connectivity index (χ1v) is 5.84. The molecule has 1 aromatic carbocycles. The van der Waals surface area contributed by atoms with Gasteiger partial charge in [0, 0.05) is 11.1 Å². The molecule has 2 aromatic heterocycles. The Hall–Kier alpha value is -2.21. The van der Waals surface area contributed by atoms with Gasteiger partial charge in [-0.25, -0.2) is 4.39 Å². The lowest BCUT2D eigenvalue weighted by Crippen LogP contribution is -2.19. The molecule has 0 spiro atoms. The van der Waals surface area contributed by atoms with Gasteiger partial charge in [0.25, 0.3) is 5.56 Å². The van der Waals surface area contributed by atoms with E-state index in [1.54, 1.807) is 6.92 Å². The Kier molecular flexibility index (Phi) is 2.60. The van der Waals surface area contributed by atoms with E-state index in [1.807, 2.05) is 0 Å². The second-order valence-electron chi connectivity index (χ2n) is 4.05. The maximum atomic E-state index is 13.3. The zero-order chi connectivity index (χ0) is 13.6. The zero-order valence-electron chi connectivity index (χ0n) is 9.82. The van der Waals surface area contributed by atoms with Crippen LogP contribution in [0.4, 0.5) is 4.39 Å². The summed E-state index contributed by atoms with van der Waals surface area (Å²) < 4.78 is 14.5. The highest BCUT2D eigenvalue weighted by Gasteiger charge is 2.14. The molecule has 96 valence electrons. The van der Waals surface area contributed by atoms with Crippen molar-refractivity contribution in [3.63, 3.8) is 0 Å². The van der Waals surface area contributed by atoms with Gasteiger partial charge in [-0.2, -0.15) is 14.6 Å². The molecule has 0 saturated heterocycles. The van der Waals surface area contributed by atoms with E-state index in [1.165, 1.54) is 24.5 Å². The first kappa shape index (κ1) is 11.9. The van der Waals surface area contributed by atoms with E-state index in [4.69, 9.17) is 11.6 Å². The van der Waals surface area contributed by atoms with Gasteiger partial charge in [0.2, 0.25) is 5.78 Å². The standard InChI is InChI=1S/C12H8ClFN4O/c1-6-10(8-4-7(14)2-3-9(8)13)17-12-15-5-16-18(12)11(6)19/h2-5H,1H3,(H,15,16,17). The molecule has 19 heavy (non-hydrogen) atoms. The van der Waals surface area contributed by atoms with Crippen molar-refractivity contribution in [1.29, 1.82) is 0 Å². The molecule has 0 fully saturated rings.